The van der Waals surface area contributed by atoms with Gasteiger partial charge in [0, 0.05) is 35.5 Å². The molecule has 2 N–H and O–H groups in total. The number of hydrogen-bond acceptors (Lipinski definition) is 6. The highest BCUT2D eigenvalue weighted by Gasteiger charge is 2.22. The molecule has 0 fully saturated rings. The van der Waals surface area contributed by atoms with Crippen molar-refractivity contribution in [2.75, 3.05) is 30.9 Å². The van der Waals surface area contributed by atoms with Crippen molar-refractivity contribution in [3.8, 4) is 5.75 Å². The summed E-state index contributed by atoms with van der Waals surface area (Å²) in [6.45, 7) is 3.25. The van der Waals surface area contributed by atoms with Crippen LogP contribution < -0.4 is 15.4 Å². The van der Waals surface area contributed by atoms with E-state index in [1.54, 1.807) is 24.3 Å². The van der Waals surface area contributed by atoms with Gasteiger partial charge < -0.3 is 20.1 Å². The number of carbonyl (C=O) groups excluding carboxylic acids is 2. The van der Waals surface area contributed by atoms with Gasteiger partial charge in [0.15, 0.2) is 5.78 Å². The number of ketones is 1. The summed E-state index contributed by atoms with van der Waals surface area (Å²) >= 11 is 0. The molecule has 0 amide bonds. The minimum atomic E-state index is -0.685. The largest absolute Gasteiger partial charge is 0.492 e. The van der Waals surface area contributed by atoms with Gasteiger partial charge in [0.2, 0.25) is 0 Å². The minimum absolute atomic E-state index is 0.118. The lowest BCUT2D eigenvalue weighted by Crippen LogP contribution is -2.33. The zero-order valence-electron chi connectivity index (χ0n) is 25.7. The quantitative estimate of drug-likeness (QED) is 0.0783. The molecule has 0 radical (unpaired) electrons. The zero-order valence-corrected chi connectivity index (χ0v) is 25.7. The number of aryl methyl sites for hydroxylation is 1. The number of esters is 1. The Morgan fingerprint density at radius 3 is 2.09 bits per heavy atom. The third kappa shape index (κ3) is 8.61. The van der Waals surface area contributed by atoms with E-state index in [2.05, 4.69) is 60.0 Å². The summed E-state index contributed by atoms with van der Waals surface area (Å²) < 4.78 is 11.1. The highest BCUT2D eigenvalue weighted by atomic mass is 16.5. The van der Waals surface area contributed by atoms with Gasteiger partial charge in [-0.25, -0.2) is 4.79 Å². The summed E-state index contributed by atoms with van der Waals surface area (Å²) in [6.07, 6.45) is 1.24. The standard InChI is InChI=1S/C39H38N2O4/c1-28-16-18-29(19-17-28)26-32-12-6-8-14-35(32)40-24-25-45-33-22-20-30(21-23-33)27-37(39(43)44-2)41-36-15-9-7-13-34(36)38(42)31-10-4-3-5-11-31/h3-23,37,40-41H,24-27H2,1-2H3. The Morgan fingerprint density at radius 1 is 0.711 bits per heavy atom. The van der Waals surface area contributed by atoms with Crippen molar-refractivity contribution in [3.05, 3.63) is 161 Å². The van der Waals surface area contributed by atoms with Gasteiger partial charge >= 0.3 is 5.97 Å². The monoisotopic (exact) mass is 598 g/mol. The fourth-order valence-corrected chi connectivity index (χ4v) is 5.16. The van der Waals surface area contributed by atoms with Crippen LogP contribution in [-0.4, -0.2) is 38.1 Å². The number of anilines is 2. The number of para-hydroxylation sites is 2. The van der Waals surface area contributed by atoms with E-state index in [4.69, 9.17) is 9.47 Å². The number of methoxy groups -OCH3 is 1. The first kappa shape index (κ1) is 31.1. The van der Waals surface area contributed by atoms with Crippen molar-refractivity contribution in [1.29, 1.82) is 0 Å². The molecule has 0 aliphatic rings. The molecule has 0 saturated heterocycles. The van der Waals surface area contributed by atoms with Crippen LogP contribution in [0.5, 0.6) is 5.75 Å². The SMILES string of the molecule is COC(=O)C(Cc1ccc(OCCNc2ccccc2Cc2ccc(C)cc2)cc1)Nc1ccccc1C(=O)c1ccccc1. The second-order valence-electron chi connectivity index (χ2n) is 10.9. The van der Waals surface area contributed by atoms with E-state index in [1.165, 1.54) is 23.8 Å². The molecular weight excluding hydrogens is 560 g/mol. The summed E-state index contributed by atoms with van der Waals surface area (Å²) in [5, 5.41) is 6.77. The van der Waals surface area contributed by atoms with Crippen LogP contribution in [0.15, 0.2) is 127 Å². The fraction of sp³-hybridized carbons (Fsp3) is 0.179. The van der Waals surface area contributed by atoms with Gasteiger partial charge in [-0.2, -0.15) is 0 Å². The molecule has 1 atom stereocenters. The molecule has 5 rings (SSSR count). The molecule has 0 heterocycles. The number of carbonyl (C=O) groups is 2. The highest BCUT2D eigenvalue weighted by molar-refractivity contribution is 6.12. The first-order valence-corrected chi connectivity index (χ1v) is 15.1. The van der Waals surface area contributed by atoms with Crippen LogP contribution in [0, 0.1) is 6.92 Å². The van der Waals surface area contributed by atoms with E-state index in [0.717, 1.165) is 23.4 Å². The number of nitrogens with one attached hydrogen (secondary N) is 2. The molecular formula is C39H38N2O4. The predicted octanol–water partition coefficient (Wildman–Crippen LogP) is 7.50. The molecule has 5 aromatic carbocycles. The van der Waals surface area contributed by atoms with Crippen molar-refractivity contribution < 1.29 is 19.1 Å². The second kappa shape index (κ2) is 15.4. The molecule has 0 aliphatic carbocycles. The number of hydrogen-bond donors (Lipinski definition) is 2. The van der Waals surface area contributed by atoms with Gasteiger partial charge in [-0.05, 0) is 60.4 Å². The zero-order chi connectivity index (χ0) is 31.4. The smallest absolute Gasteiger partial charge is 0.328 e. The van der Waals surface area contributed by atoms with Crippen molar-refractivity contribution in [2.24, 2.45) is 0 Å². The molecule has 0 spiro atoms. The topological polar surface area (TPSA) is 76.7 Å². The first-order valence-electron chi connectivity index (χ1n) is 15.1. The Balaban J connectivity index is 1.16. The van der Waals surface area contributed by atoms with Crippen LogP contribution in [0.3, 0.4) is 0 Å². The van der Waals surface area contributed by atoms with Crippen molar-refractivity contribution in [3.63, 3.8) is 0 Å². The van der Waals surface area contributed by atoms with Crippen molar-refractivity contribution >= 4 is 23.1 Å². The lowest BCUT2D eigenvalue weighted by molar-refractivity contribution is -0.141. The first-order chi connectivity index (χ1) is 22.0. The van der Waals surface area contributed by atoms with Crippen LogP contribution >= 0.6 is 0 Å². The maximum atomic E-state index is 13.2. The molecule has 228 valence electrons. The van der Waals surface area contributed by atoms with Crippen molar-refractivity contribution in [1.82, 2.24) is 0 Å². The van der Waals surface area contributed by atoms with E-state index in [-0.39, 0.29) is 5.78 Å². The molecule has 1 unspecified atom stereocenters. The summed E-state index contributed by atoms with van der Waals surface area (Å²) in [4.78, 5) is 26.0. The molecule has 0 bridgehead atoms. The van der Waals surface area contributed by atoms with Gasteiger partial charge in [-0.15, -0.1) is 0 Å². The highest BCUT2D eigenvalue weighted by Crippen LogP contribution is 2.23. The summed E-state index contributed by atoms with van der Waals surface area (Å²) in [7, 11) is 1.37. The Labute approximate surface area is 265 Å². The van der Waals surface area contributed by atoms with Gasteiger partial charge in [0.05, 0.1) is 7.11 Å². The van der Waals surface area contributed by atoms with E-state index in [1.807, 2.05) is 60.7 Å². The van der Waals surface area contributed by atoms with E-state index in [0.29, 0.717) is 36.4 Å². The van der Waals surface area contributed by atoms with Gasteiger partial charge in [-0.1, -0.05) is 103 Å². The minimum Gasteiger partial charge on any atom is -0.492 e. The lowest BCUT2D eigenvalue weighted by Gasteiger charge is -2.20. The van der Waals surface area contributed by atoms with Crippen LogP contribution in [0.4, 0.5) is 11.4 Å². The Bertz CT molecular complexity index is 1700. The third-order valence-corrected chi connectivity index (χ3v) is 7.61. The van der Waals surface area contributed by atoms with E-state index < -0.39 is 12.0 Å². The number of rotatable bonds is 14. The summed E-state index contributed by atoms with van der Waals surface area (Å²) in [5.74, 6) is 0.217. The van der Waals surface area contributed by atoms with Gasteiger partial charge in [-0.3, -0.25) is 4.79 Å². The molecule has 6 heteroatoms. The predicted molar refractivity (Wildman–Crippen MR) is 180 cm³/mol. The Hall–Kier alpha value is -5.36. The number of ether oxygens (including phenoxy) is 2. The van der Waals surface area contributed by atoms with E-state index >= 15 is 0 Å². The van der Waals surface area contributed by atoms with Crippen LogP contribution in [0.25, 0.3) is 0 Å². The van der Waals surface area contributed by atoms with Crippen LogP contribution in [0.2, 0.25) is 0 Å². The average Bonchev–Trinajstić information content (AvgIpc) is 3.08. The second-order valence-corrected chi connectivity index (χ2v) is 10.9. The van der Waals surface area contributed by atoms with Gasteiger partial charge in [0.1, 0.15) is 18.4 Å². The molecule has 0 aromatic heterocycles. The van der Waals surface area contributed by atoms with Gasteiger partial charge in [0.25, 0.3) is 0 Å². The molecule has 6 nitrogen and oxygen atoms in total. The average molecular weight is 599 g/mol. The summed E-state index contributed by atoms with van der Waals surface area (Å²) in [6, 6.07) is 40.3. The number of benzene rings is 5. The molecule has 5 aromatic rings. The maximum absolute atomic E-state index is 13.2. The third-order valence-electron chi connectivity index (χ3n) is 7.61. The molecule has 0 saturated carbocycles. The molecule has 45 heavy (non-hydrogen) atoms. The van der Waals surface area contributed by atoms with Crippen LogP contribution in [0.1, 0.15) is 38.2 Å². The molecule has 0 aliphatic heterocycles. The Kier molecular flexibility index (Phi) is 10.6. The Morgan fingerprint density at radius 2 is 1.36 bits per heavy atom. The van der Waals surface area contributed by atoms with Crippen LogP contribution in [-0.2, 0) is 22.4 Å². The maximum Gasteiger partial charge on any atom is 0.328 e. The fourth-order valence-electron chi connectivity index (χ4n) is 5.16. The lowest BCUT2D eigenvalue weighted by atomic mass is 10.00. The van der Waals surface area contributed by atoms with E-state index in [9.17, 15) is 9.59 Å². The normalized spacial score (nSPS) is 11.3. The summed E-state index contributed by atoms with van der Waals surface area (Å²) in [5.41, 5.74) is 7.47. The van der Waals surface area contributed by atoms with Crippen molar-refractivity contribution in [2.45, 2.75) is 25.8 Å².